The molecule has 0 spiro atoms. The Morgan fingerprint density at radius 1 is 1.28 bits per heavy atom. The van der Waals surface area contributed by atoms with Crippen LogP contribution in [-0.4, -0.2) is 70.8 Å². The molecule has 1 aliphatic rings. The van der Waals surface area contributed by atoms with E-state index in [1.165, 1.54) is 6.07 Å². The zero-order valence-corrected chi connectivity index (χ0v) is 23.3. The highest BCUT2D eigenvalue weighted by Crippen LogP contribution is 2.34. The van der Waals surface area contributed by atoms with Crippen molar-refractivity contribution in [1.29, 1.82) is 0 Å². The molecule has 0 aliphatic carbocycles. The van der Waals surface area contributed by atoms with Crippen LogP contribution in [0.2, 0.25) is 5.02 Å². The number of rotatable bonds is 8. The molecule has 12 heteroatoms. The summed E-state index contributed by atoms with van der Waals surface area (Å²) >= 11 is 7.70. The lowest BCUT2D eigenvalue weighted by Gasteiger charge is -2.26. The maximum atomic E-state index is 13.2. The first-order valence-electron chi connectivity index (χ1n) is 12.5. The number of carbonyl (C=O) groups is 3. The van der Waals surface area contributed by atoms with Gasteiger partial charge in [0.2, 0.25) is 11.9 Å². The lowest BCUT2D eigenvalue weighted by molar-refractivity contribution is -0.126. The van der Waals surface area contributed by atoms with E-state index in [0.717, 1.165) is 30.6 Å². The van der Waals surface area contributed by atoms with Crippen molar-refractivity contribution in [2.75, 3.05) is 44.4 Å². The number of hydrogen-bond acceptors (Lipinski definition) is 6. The molecule has 1 saturated heterocycles. The molecule has 1 atom stereocenters. The highest BCUT2D eigenvalue weighted by atomic mass is 35.5. The van der Waals surface area contributed by atoms with E-state index in [1.807, 2.05) is 40.6 Å². The Hall–Kier alpha value is -3.54. The van der Waals surface area contributed by atoms with E-state index < -0.39 is 17.6 Å². The number of likely N-dealkylation sites (N-methyl/N-ethyl adjacent to an activating group) is 1. The van der Waals surface area contributed by atoms with Crippen molar-refractivity contribution in [2.45, 2.75) is 25.3 Å². The molecule has 0 saturated carbocycles. The lowest BCUT2D eigenvalue weighted by atomic mass is 10.1. The van der Waals surface area contributed by atoms with Gasteiger partial charge in [-0.05, 0) is 51.6 Å². The summed E-state index contributed by atoms with van der Waals surface area (Å²) in [5.41, 5.74) is 1.57. The number of amides is 3. The van der Waals surface area contributed by atoms with Crippen molar-refractivity contribution < 1.29 is 18.8 Å². The van der Waals surface area contributed by atoms with Crippen molar-refractivity contribution in [3.8, 4) is 0 Å². The summed E-state index contributed by atoms with van der Waals surface area (Å²) in [5.74, 6) is -2.30. The Kier molecular flexibility index (Phi) is 9.16. The smallest absolute Gasteiger partial charge is 0.284 e. The summed E-state index contributed by atoms with van der Waals surface area (Å²) < 4.78 is 15.0. The Morgan fingerprint density at radius 2 is 2.08 bits per heavy atom. The van der Waals surface area contributed by atoms with Gasteiger partial charge in [-0.2, -0.15) is 0 Å². The Morgan fingerprint density at radius 3 is 2.82 bits per heavy atom. The fraction of sp³-hybridized carbons (Fsp3) is 0.333. The Balaban J connectivity index is 1.62. The average molecular weight is 573 g/mol. The number of anilines is 2. The molecule has 9 nitrogen and oxygen atoms in total. The third-order valence-electron chi connectivity index (χ3n) is 6.29. The molecule has 1 aliphatic heterocycles. The molecule has 206 valence electrons. The van der Waals surface area contributed by atoms with Gasteiger partial charge in [0, 0.05) is 31.1 Å². The van der Waals surface area contributed by atoms with Crippen LogP contribution in [0.4, 0.5) is 15.3 Å². The van der Waals surface area contributed by atoms with Gasteiger partial charge < -0.3 is 19.7 Å². The number of likely N-dealkylation sites (tertiary alicyclic amines) is 1. The number of carbonyl (C=O) groups excluding carboxylic acids is 3. The van der Waals surface area contributed by atoms with Gasteiger partial charge in [0.15, 0.2) is 5.83 Å². The van der Waals surface area contributed by atoms with Crippen molar-refractivity contribution in [2.24, 2.45) is 0 Å². The fourth-order valence-corrected chi connectivity index (χ4v) is 5.46. The van der Waals surface area contributed by atoms with E-state index in [1.54, 1.807) is 23.6 Å². The number of fused-ring (bicyclic) bond motifs is 1. The SMILES string of the molecule is C=C(F)C(=O)Nc1cc(C(=O)Nc2nc3cccc(Cl)c3n2[C@@H]2CCCCN(C(=O)/C=C/CN(C)C)C2)cs1. The van der Waals surface area contributed by atoms with E-state index in [9.17, 15) is 18.8 Å². The number of benzene rings is 1. The minimum absolute atomic E-state index is 0.0614. The third kappa shape index (κ3) is 6.92. The number of thiophene rings is 1. The molecule has 1 fully saturated rings. The van der Waals surface area contributed by atoms with Crippen molar-refractivity contribution in [3.63, 3.8) is 0 Å². The van der Waals surface area contributed by atoms with Crippen LogP contribution in [0.1, 0.15) is 35.7 Å². The summed E-state index contributed by atoms with van der Waals surface area (Å²) in [7, 11) is 3.88. The second kappa shape index (κ2) is 12.5. The van der Waals surface area contributed by atoms with Gasteiger partial charge >= 0.3 is 0 Å². The molecule has 3 heterocycles. The minimum Gasteiger partial charge on any atom is -0.337 e. The van der Waals surface area contributed by atoms with Gasteiger partial charge in [-0.25, -0.2) is 9.37 Å². The molecule has 2 aromatic heterocycles. The maximum Gasteiger partial charge on any atom is 0.284 e. The van der Waals surface area contributed by atoms with Crippen LogP contribution in [0.15, 0.2) is 54.2 Å². The molecule has 0 unspecified atom stereocenters. The van der Waals surface area contributed by atoms with Crippen LogP contribution in [0.3, 0.4) is 0 Å². The largest absolute Gasteiger partial charge is 0.337 e. The number of nitrogens with zero attached hydrogens (tertiary/aromatic N) is 4. The molecule has 0 bridgehead atoms. The first-order chi connectivity index (χ1) is 18.6. The van der Waals surface area contributed by atoms with Crippen LogP contribution < -0.4 is 10.6 Å². The molecule has 2 N–H and O–H groups in total. The number of aromatic nitrogens is 2. The summed E-state index contributed by atoms with van der Waals surface area (Å²) in [6.07, 6.45) is 5.97. The zero-order chi connectivity index (χ0) is 28.1. The van der Waals surface area contributed by atoms with Crippen LogP contribution in [0.25, 0.3) is 11.0 Å². The highest BCUT2D eigenvalue weighted by molar-refractivity contribution is 7.14. The molecular weight excluding hydrogens is 543 g/mol. The molecular formula is C27H30ClFN6O3S. The predicted octanol–water partition coefficient (Wildman–Crippen LogP) is 5.10. The Bertz CT molecular complexity index is 1430. The first kappa shape index (κ1) is 28.5. The number of imidazole rings is 1. The van der Waals surface area contributed by atoms with Gasteiger partial charge in [-0.1, -0.05) is 30.3 Å². The van der Waals surface area contributed by atoms with Crippen LogP contribution in [0, 0.1) is 0 Å². The highest BCUT2D eigenvalue weighted by Gasteiger charge is 2.27. The lowest BCUT2D eigenvalue weighted by Crippen LogP contribution is -2.34. The van der Waals surface area contributed by atoms with Crippen molar-refractivity contribution in [1.82, 2.24) is 19.4 Å². The van der Waals surface area contributed by atoms with Gasteiger partial charge in [0.1, 0.15) is 0 Å². The molecule has 39 heavy (non-hydrogen) atoms. The topological polar surface area (TPSA) is 99.6 Å². The zero-order valence-electron chi connectivity index (χ0n) is 21.7. The summed E-state index contributed by atoms with van der Waals surface area (Å²) in [6, 6.07) is 6.65. The minimum atomic E-state index is -1.12. The van der Waals surface area contributed by atoms with Gasteiger partial charge in [-0.15, -0.1) is 11.3 Å². The van der Waals surface area contributed by atoms with Crippen LogP contribution >= 0.6 is 22.9 Å². The normalized spacial score (nSPS) is 16.0. The fourth-order valence-electron chi connectivity index (χ4n) is 4.42. The average Bonchev–Trinajstić information content (AvgIpc) is 3.41. The monoisotopic (exact) mass is 572 g/mol. The standard InChI is InChI=1S/C27H30ClFN6O3S/c1-17(29)25(37)31-22-14-18(16-39-22)26(38)32-27-30-21-10-6-9-20(28)24(21)35(27)19-8-4-5-13-34(15-19)23(36)11-7-12-33(2)3/h6-7,9-11,14,16,19H,1,4-5,8,12-13,15H2,2-3H3,(H,31,37)(H,30,32,38)/b11-7+/t19-/m1/s1. The maximum absolute atomic E-state index is 13.2. The molecule has 3 amide bonds. The van der Waals surface area contributed by atoms with Crippen molar-refractivity contribution in [3.05, 3.63) is 64.8 Å². The summed E-state index contributed by atoms with van der Waals surface area (Å²) in [6.45, 7) is 4.71. The van der Waals surface area contributed by atoms with Crippen LogP contribution in [-0.2, 0) is 9.59 Å². The van der Waals surface area contributed by atoms with Gasteiger partial charge in [0.05, 0.1) is 32.7 Å². The quantitative estimate of drug-likeness (QED) is 0.366. The number of nitrogens with one attached hydrogen (secondary N) is 2. The number of hydrogen-bond donors (Lipinski definition) is 2. The van der Waals surface area contributed by atoms with Gasteiger partial charge in [-0.3, -0.25) is 19.7 Å². The van der Waals surface area contributed by atoms with E-state index in [4.69, 9.17) is 11.6 Å². The predicted molar refractivity (Wildman–Crippen MR) is 153 cm³/mol. The molecule has 1 aromatic carbocycles. The van der Waals surface area contributed by atoms with E-state index in [-0.39, 0.29) is 17.5 Å². The second-order valence-electron chi connectivity index (χ2n) is 9.52. The first-order valence-corrected chi connectivity index (χ1v) is 13.7. The van der Waals surface area contributed by atoms with E-state index in [2.05, 4.69) is 22.2 Å². The number of para-hydroxylation sites is 1. The van der Waals surface area contributed by atoms with E-state index >= 15 is 0 Å². The molecule has 3 aromatic rings. The molecule has 0 radical (unpaired) electrons. The summed E-state index contributed by atoms with van der Waals surface area (Å²) in [5, 5.41) is 7.58. The summed E-state index contributed by atoms with van der Waals surface area (Å²) in [4.78, 5) is 46.2. The van der Waals surface area contributed by atoms with Crippen molar-refractivity contribution >= 4 is 62.6 Å². The van der Waals surface area contributed by atoms with E-state index in [0.29, 0.717) is 46.6 Å². The Labute approximate surface area is 234 Å². The number of halogens is 2. The second-order valence-corrected chi connectivity index (χ2v) is 10.8. The molecule has 4 rings (SSSR count). The van der Waals surface area contributed by atoms with Crippen LogP contribution in [0.5, 0.6) is 0 Å². The third-order valence-corrected chi connectivity index (χ3v) is 7.44. The van der Waals surface area contributed by atoms with Gasteiger partial charge in [0.25, 0.3) is 11.8 Å².